The minimum Gasteiger partial charge on any atom is -0.299 e. The molecule has 0 saturated carbocycles. The van der Waals surface area contributed by atoms with Crippen LogP contribution in [0, 0.1) is 0 Å². The maximum atomic E-state index is 12.8. The molecule has 0 spiro atoms. The van der Waals surface area contributed by atoms with Crippen LogP contribution in [0.5, 0.6) is 0 Å². The van der Waals surface area contributed by atoms with Gasteiger partial charge in [0.2, 0.25) is 0 Å². The van der Waals surface area contributed by atoms with E-state index in [4.69, 9.17) is 0 Å². The third-order valence-electron chi connectivity index (χ3n) is 4.29. The van der Waals surface area contributed by atoms with Crippen molar-refractivity contribution in [3.8, 4) is 11.1 Å². The van der Waals surface area contributed by atoms with E-state index in [1.165, 1.54) is 11.1 Å². The number of hydrogen-bond donors (Lipinski definition) is 0. The largest absolute Gasteiger partial charge is 0.299 e. The summed E-state index contributed by atoms with van der Waals surface area (Å²) >= 11 is 7.09. The summed E-state index contributed by atoms with van der Waals surface area (Å²) in [4.78, 5) is 12.8. The Morgan fingerprint density at radius 2 is 1.50 bits per heavy atom. The second-order valence-electron chi connectivity index (χ2n) is 5.82. The zero-order chi connectivity index (χ0) is 15.7. The van der Waals surface area contributed by atoms with Crippen molar-refractivity contribution in [3.05, 3.63) is 56.5 Å². The number of carbonyl (C=O) groups is 1. The summed E-state index contributed by atoms with van der Waals surface area (Å²) in [7, 11) is 0. The lowest BCUT2D eigenvalue weighted by atomic mass is 9.90. The normalized spacial score (nSPS) is 13.0. The standard InChI is InChI=1S/C19H18Br2O/c1-2-3-4-5-18(22)19-16-10-12(20)6-8-14(16)15-9-7-13(21)11-17(15)19/h6-11,19H,2-5H2,1H3. The highest BCUT2D eigenvalue weighted by atomic mass is 79.9. The molecule has 2 aromatic carbocycles. The van der Waals surface area contributed by atoms with Gasteiger partial charge in [0.15, 0.2) is 0 Å². The fourth-order valence-electron chi connectivity index (χ4n) is 3.24. The molecule has 0 unspecified atom stereocenters. The van der Waals surface area contributed by atoms with Crippen LogP contribution >= 0.6 is 31.9 Å². The molecule has 0 heterocycles. The molecule has 0 amide bonds. The van der Waals surface area contributed by atoms with Crippen molar-refractivity contribution in [2.24, 2.45) is 0 Å². The molecule has 0 bridgehead atoms. The quantitative estimate of drug-likeness (QED) is 0.505. The molecule has 22 heavy (non-hydrogen) atoms. The Kier molecular flexibility index (Phi) is 4.84. The van der Waals surface area contributed by atoms with E-state index in [2.05, 4.69) is 75.2 Å². The zero-order valence-electron chi connectivity index (χ0n) is 12.5. The van der Waals surface area contributed by atoms with Crippen molar-refractivity contribution >= 4 is 37.6 Å². The SMILES string of the molecule is CCCCCC(=O)C1c2cc(Br)ccc2-c2ccc(Br)cc21. The lowest BCUT2D eigenvalue weighted by molar-refractivity contribution is -0.119. The molecule has 114 valence electrons. The highest BCUT2D eigenvalue weighted by Crippen LogP contribution is 2.47. The zero-order valence-corrected chi connectivity index (χ0v) is 15.7. The number of hydrogen-bond acceptors (Lipinski definition) is 1. The van der Waals surface area contributed by atoms with Gasteiger partial charge in [-0.3, -0.25) is 4.79 Å². The Labute approximate surface area is 148 Å². The molecule has 2 aromatic rings. The fourth-order valence-corrected chi connectivity index (χ4v) is 4.00. The second kappa shape index (κ2) is 6.67. The monoisotopic (exact) mass is 420 g/mol. The van der Waals surface area contributed by atoms with E-state index in [1.54, 1.807) is 0 Å². The average Bonchev–Trinajstić information content (AvgIpc) is 2.79. The molecule has 0 aromatic heterocycles. The highest BCUT2D eigenvalue weighted by molar-refractivity contribution is 9.10. The number of rotatable bonds is 5. The van der Waals surface area contributed by atoms with Crippen molar-refractivity contribution in [3.63, 3.8) is 0 Å². The second-order valence-corrected chi connectivity index (χ2v) is 7.65. The van der Waals surface area contributed by atoms with Gasteiger partial charge >= 0.3 is 0 Å². The summed E-state index contributed by atoms with van der Waals surface area (Å²) in [6.45, 7) is 2.17. The molecule has 3 rings (SSSR count). The molecule has 1 nitrogen and oxygen atoms in total. The van der Waals surface area contributed by atoms with Gasteiger partial charge in [-0.05, 0) is 52.9 Å². The molecule has 0 saturated heterocycles. The lowest BCUT2D eigenvalue weighted by Crippen LogP contribution is -2.11. The molecule has 0 fully saturated rings. The number of benzene rings is 2. The van der Waals surface area contributed by atoms with Crippen LogP contribution in [0.4, 0.5) is 0 Å². The Balaban J connectivity index is 2.04. The first-order valence-electron chi connectivity index (χ1n) is 7.73. The Morgan fingerprint density at radius 3 is 2.00 bits per heavy atom. The van der Waals surface area contributed by atoms with Gasteiger partial charge < -0.3 is 0 Å². The summed E-state index contributed by atoms with van der Waals surface area (Å²) in [5.74, 6) is 0.224. The van der Waals surface area contributed by atoms with Gasteiger partial charge in [-0.25, -0.2) is 0 Å². The summed E-state index contributed by atoms with van der Waals surface area (Å²) in [5, 5.41) is 0. The number of Topliss-reactive ketones (excluding diaryl/α,β-unsaturated/α-hetero) is 1. The van der Waals surface area contributed by atoms with Crippen LogP contribution in [0.25, 0.3) is 11.1 Å². The Hall–Kier alpha value is -0.930. The topological polar surface area (TPSA) is 17.1 Å². The van der Waals surface area contributed by atoms with E-state index in [9.17, 15) is 4.79 Å². The molecule has 3 heteroatoms. The molecule has 0 radical (unpaired) electrons. The minimum absolute atomic E-state index is 0.114. The lowest BCUT2D eigenvalue weighted by Gasteiger charge is -2.13. The van der Waals surface area contributed by atoms with Crippen LogP contribution in [0.15, 0.2) is 45.3 Å². The van der Waals surface area contributed by atoms with Crippen LogP contribution in [0.3, 0.4) is 0 Å². The van der Waals surface area contributed by atoms with Gasteiger partial charge in [-0.15, -0.1) is 0 Å². The number of unbranched alkanes of at least 4 members (excludes halogenated alkanes) is 2. The van der Waals surface area contributed by atoms with Crippen LogP contribution in [-0.2, 0) is 4.79 Å². The van der Waals surface area contributed by atoms with E-state index in [0.29, 0.717) is 12.2 Å². The number of ketones is 1. The molecule has 1 aliphatic carbocycles. The van der Waals surface area contributed by atoms with Crippen molar-refractivity contribution < 1.29 is 4.79 Å². The predicted octanol–water partition coefficient (Wildman–Crippen LogP) is 6.47. The van der Waals surface area contributed by atoms with Crippen LogP contribution in [0.2, 0.25) is 0 Å². The van der Waals surface area contributed by atoms with Crippen LogP contribution < -0.4 is 0 Å². The van der Waals surface area contributed by atoms with E-state index in [1.807, 2.05) is 0 Å². The molecule has 0 aliphatic heterocycles. The number of halogens is 2. The molecular formula is C19H18Br2O. The molecule has 0 atom stereocenters. The van der Waals surface area contributed by atoms with Crippen molar-refractivity contribution in [2.45, 2.75) is 38.5 Å². The predicted molar refractivity (Wildman–Crippen MR) is 98.3 cm³/mol. The summed E-state index contributed by atoms with van der Waals surface area (Å²) in [6.07, 6.45) is 3.91. The van der Waals surface area contributed by atoms with Gasteiger partial charge in [0.25, 0.3) is 0 Å². The number of fused-ring (bicyclic) bond motifs is 3. The van der Waals surface area contributed by atoms with E-state index in [0.717, 1.165) is 39.3 Å². The Morgan fingerprint density at radius 1 is 0.955 bits per heavy atom. The van der Waals surface area contributed by atoms with E-state index in [-0.39, 0.29) is 5.92 Å². The Bertz CT molecular complexity index is 670. The first-order valence-corrected chi connectivity index (χ1v) is 9.32. The van der Waals surface area contributed by atoms with Gasteiger partial charge in [0, 0.05) is 15.4 Å². The fraction of sp³-hybridized carbons (Fsp3) is 0.316. The summed E-state index contributed by atoms with van der Waals surface area (Å²) in [5.41, 5.74) is 4.67. The summed E-state index contributed by atoms with van der Waals surface area (Å²) < 4.78 is 2.06. The van der Waals surface area contributed by atoms with Crippen molar-refractivity contribution in [1.82, 2.24) is 0 Å². The van der Waals surface area contributed by atoms with Crippen molar-refractivity contribution in [2.75, 3.05) is 0 Å². The third-order valence-corrected chi connectivity index (χ3v) is 5.27. The summed E-state index contributed by atoms with van der Waals surface area (Å²) in [6, 6.07) is 12.5. The molecular weight excluding hydrogens is 404 g/mol. The first-order chi connectivity index (χ1) is 10.6. The van der Waals surface area contributed by atoms with Gasteiger partial charge in [-0.1, -0.05) is 63.8 Å². The highest BCUT2D eigenvalue weighted by Gasteiger charge is 2.33. The number of carbonyl (C=O) groups excluding carboxylic acids is 1. The average molecular weight is 422 g/mol. The maximum Gasteiger partial charge on any atom is 0.144 e. The molecule has 1 aliphatic rings. The maximum absolute atomic E-state index is 12.8. The smallest absolute Gasteiger partial charge is 0.144 e. The first kappa shape index (κ1) is 15.9. The van der Waals surface area contributed by atoms with Gasteiger partial charge in [0.1, 0.15) is 5.78 Å². The van der Waals surface area contributed by atoms with Crippen molar-refractivity contribution in [1.29, 1.82) is 0 Å². The van der Waals surface area contributed by atoms with Gasteiger partial charge in [0.05, 0.1) is 5.92 Å². The molecule has 0 N–H and O–H groups in total. The third kappa shape index (κ3) is 2.93. The van der Waals surface area contributed by atoms with Crippen LogP contribution in [0.1, 0.15) is 49.7 Å². The minimum atomic E-state index is -0.114. The van der Waals surface area contributed by atoms with Crippen LogP contribution in [-0.4, -0.2) is 5.78 Å². The van der Waals surface area contributed by atoms with E-state index >= 15 is 0 Å². The van der Waals surface area contributed by atoms with Gasteiger partial charge in [-0.2, -0.15) is 0 Å². The van der Waals surface area contributed by atoms with E-state index < -0.39 is 0 Å².